The van der Waals surface area contributed by atoms with E-state index in [0.29, 0.717) is 0 Å². The molecular weight excluding hydrogens is 448 g/mol. The van der Waals surface area contributed by atoms with Crippen LogP contribution in [-0.4, -0.2) is 9.78 Å². The second-order valence-corrected chi connectivity index (χ2v) is 10.1. The Morgan fingerprint density at radius 1 is 0.541 bits per heavy atom. The maximum atomic E-state index is 4.71. The van der Waals surface area contributed by atoms with Crippen LogP contribution >= 0.6 is 0 Å². The summed E-state index contributed by atoms with van der Waals surface area (Å²) in [5.41, 5.74) is 15.1. The molecule has 2 aliphatic carbocycles. The van der Waals surface area contributed by atoms with Crippen LogP contribution in [0.25, 0.3) is 39.2 Å². The molecule has 2 nitrogen and oxygen atoms in total. The second-order valence-electron chi connectivity index (χ2n) is 10.1. The average molecular weight is 473 g/mol. The molecule has 1 heterocycles. The number of hydrogen-bond donors (Lipinski definition) is 0. The van der Waals surface area contributed by atoms with Crippen LogP contribution in [0.2, 0.25) is 0 Å². The lowest BCUT2D eigenvalue weighted by Crippen LogP contribution is -2.25. The van der Waals surface area contributed by atoms with Crippen LogP contribution in [0.4, 0.5) is 0 Å². The van der Waals surface area contributed by atoms with E-state index in [2.05, 4.69) is 133 Å². The SMILES string of the molecule is Cc1ccccc1-n1nccc1-c1ccc2c(c1)-c1ccccc1C21c2ccccc2-c2ccccc21. The Morgan fingerprint density at radius 2 is 1.08 bits per heavy atom. The van der Waals surface area contributed by atoms with E-state index in [-0.39, 0.29) is 5.41 Å². The van der Waals surface area contributed by atoms with Gasteiger partial charge in [0, 0.05) is 5.56 Å². The van der Waals surface area contributed by atoms with Crippen LogP contribution in [0.1, 0.15) is 27.8 Å². The number of benzene rings is 5. The molecule has 0 saturated heterocycles. The molecule has 0 fully saturated rings. The maximum Gasteiger partial charge on any atom is 0.0741 e. The Morgan fingerprint density at radius 3 is 1.73 bits per heavy atom. The Hall–Kier alpha value is -4.69. The summed E-state index contributed by atoms with van der Waals surface area (Å²) in [6.07, 6.45) is 1.90. The van der Waals surface area contributed by atoms with Crippen molar-refractivity contribution in [3.05, 3.63) is 155 Å². The van der Waals surface area contributed by atoms with Gasteiger partial charge in [0.05, 0.1) is 23.0 Å². The summed E-state index contributed by atoms with van der Waals surface area (Å²) in [6.45, 7) is 2.14. The third-order valence-electron chi connectivity index (χ3n) is 8.28. The van der Waals surface area contributed by atoms with Crippen molar-refractivity contribution >= 4 is 0 Å². The van der Waals surface area contributed by atoms with Crippen LogP contribution < -0.4 is 0 Å². The standard InChI is InChI=1S/C35H24N2/c1-23-10-2-9-17-33(23)37-34(20-21-36-37)24-18-19-32-28(22-24)27-13-5-8-16-31(27)35(32)29-14-6-3-11-25(29)26-12-4-7-15-30(26)35/h2-22H,1H3. The average Bonchev–Trinajstić information content (AvgIpc) is 3.63. The molecule has 0 amide bonds. The molecule has 1 spiro atoms. The minimum absolute atomic E-state index is 0.298. The molecule has 0 radical (unpaired) electrons. The van der Waals surface area contributed by atoms with E-state index < -0.39 is 0 Å². The quantitative estimate of drug-likeness (QED) is 0.248. The van der Waals surface area contributed by atoms with E-state index in [9.17, 15) is 0 Å². The number of nitrogens with zero attached hydrogens (tertiary/aromatic N) is 2. The van der Waals surface area contributed by atoms with E-state index in [1.165, 1.54) is 55.6 Å². The van der Waals surface area contributed by atoms with Crippen LogP contribution in [0, 0.1) is 6.92 Å². The highest BCUT2D eigenvalue weighted by molar-refractivity contribution is 5.95. The molecule has 0 aliphatic heterocycles. The van der Waals surface area contributed by atoms with Gasteiger partial charge in [-0.2, -0.15) is 5.10 Å². The van der Waals surface area contributed by atoms with Crippen molar-refractivity contribution in [3.63, 3.8) is 0 Å². The van der Waals surface area contributed by atoms with Gasteiger partial charge >= 0.3 is 0 Å². The van der Waals surface area contributed by atoms with Gasteiger partial charge in [-0.1, -0.05) is 103 Å². The lowest BCUT2D eigenvalue weighted by Gasteiger charge is -2.30. The van der Waals surface area contributed by atoms with Gasteiger partial charge in [-0.15, -0.1) is 0 Å². The summed E-state index contributed by atoms with van der Waals surface area (Å²) in [5, 5.41) is 4.71. The topological polar surface area (TPSA) is 17.8 Å². The Kier molecular flexibility index (Phi) is 4.10. The Bertz CT molecular complexity index is 1810. The van der Waals surface area contributed by atoms with Crippen molar-refractivity contribution in [1.82, 2.24) is 9.78 Å². The second kappa shape index (κ2) is 7.41. The van der Waals surface area contributed by atoms with Crippen molar-refractivity contribution < 1.29 is 0 Å². The molecule has 0 atom stereocenters. The van der Waals surface area contributed by atoms with Crippen LogP contribution in [0.3, 0.4) is 0 Å². The van der Waals surface area contributed by atoms with Crippen molar-refractivity contribution in [2.45, 2.75) is 12.3 Å². The van der Waals surface area contributed by atoms with Crippen LogP contribution in [-0.2, 0) is 5.41 Å². The summed E-state index contributed by atoms with van der Waals surface area (Å²) in [4.78, 5) is 0. The first-order chi connectivity index (χ1) is 18.3. The minimum atomic E-state index is -0.298. The predicted molar refractivity (Wildman–Crippen MR) is 150 cm³/mol. The van der Waals surface area contributed by atoms with Gasteiger partial charge in [0.1, 0.15) is 0 Å². The highest BCUT2D eigenvalue weighted by Gasteiger charge is 2.51. The first-order valence-electron chi connectivity index (χ1n) is 12.8. The molecule has 174 valence electrons. The predicted octanol–water partition coefficient (Wildman–Crippen LogP) is 8.19. The molecule has 0 saturated carbocycles. The van der Waals surface area contributed by atoms with Gasteiger partial charge in [0.15, 0.2) is 0 Å². The number of rotatable bonds is 2. The molecule has 2 heteroatoms. The van der Waals surface area contributed by atoms with Gasteiger partial charge < -0.3 is 0 Å². The number of hydrogen-bond acceptors (Lipinski definition) is 1. The fourth-order valence-electron chi connectivity index (χ4n) is 6.77. The normalized spacial score (nSPS) is 13.8. The molecule has 5 aromatic carbocycles. The highest BCUT2D eigenvalue weighted by atomic mass is 15.3. The van der Waals surface area contributed by atoms with Gasteiger partial charge in [0.25, 0.3) is 0 Å². The fraction of sp³-hybridized carbons (Fsp3) is 0.0571. The van der Waals surface area contributed by atoms with E-state index in [1.54, 1.807) is 0 Å². The Labute approximate surface area is 216 Å². The van der Waals surface area contributed by atoms with Gasteiger partial charge in [-0.3, -0.25) is 0 Å². The first-order valence-corrected chi connectivity index (χ1v) is 12.8. The van der Waals surface area contributed by atoms with Crippen molar-refractivity contribution in [2.24, 2.45) is 0 Å². The first kappa shape index (κ1) is 20.5. The smallest absolute Gasteiger partial charge is 0.0741 e. The van der Waals surface area contributed by atoms with E-state index in [0.717, 1.165) is 11.4 Å². The number of fused-ring (bicyclic) bond motifs is 10. The van der Waals surface area contributed by atoms with E-state index in [1.807, 2.05) is 6.20 Å². The van der Waals surface area contributed by atoms with Gasteiger partial charge in [-0.05, 0) is 75.2 Å². The summed E-state index contributed by atoms with van der Waals surface area (Å²) >= 11 is 0. The zero-order valence-electron chi connectivity index (χ0n) is 20.5. The maximum absolute atomic E-state index is 4.71. The van der Waals surface area contributed by atoms with Crippen LogP contribution in [0.5, 0.6) is 0 Å². The van der Waals surface area contributed by atoms with Crippen molar-refractivity contribution in [2.75, 3.05) is 0 Å². The summed E-state index contributed by atoms with van der Waals surface area (Å²) in [5.74, 6) is 0. The summed E-state index contributed by atoms with van der Waals surface area (Å²) in [7, 11) is 0. The van der Waals surface area contributed by atoms with E-state index in [4.69, 9.17) is 5.10 Å². The third kappa shape index (κ3) is 2.57. The third-order valence-corrected chi connectivity index (χ3v) is 8.28. The Balaban J connectivity index is 1.41. The molecule has 1 aromatic heterocycles. The molecule has 0 unspecified atom stereocenters. The summed E-state index contributed by atoms with van der Waals surface area (Å²) in [6, 6.07) is 44.4. The van der Waals surface area contributed by atoms with E-state index >= 15 is 0 Å². The molecule has 37 heavy (non-hydrogen) atoms. The monoisotopic (exact) mass is 472 g/mol. The molecule has 2 aliphatic rings. The van der Waals surface area contributed by atoms with Crippen molar-refractivity contribution in [3.8, 4) is 39.2 Å². The minimum Gasteiger partial charge on any atom is -0.233 e. The lowest BCUT2D eigenvalue weighted by molar-refractivity contribution is 0.793. The largest absolute Gasteiger partial charge is 0.233 e. The summed E-state index contributed by atoms with van der Waals surface area (Å²) < 4.78 is 2.06. The molecule has 0 N–H and O–H groups in total. The number of aryl methyl sites for hydroxylation is 1. The van der Waals surface area contributed by atoms with Gasteiger partial charge in [0.2, 0.25) is 0 Å². The lowest BCUT2D eigenvalue weighted by atomic mass is 9.70. The van der Waals surface area contributed by atoms with Crippen LogP contribution in [0.15, 0.2) is 128 Å². The van der Waals surface area contributed by atoms with Gasteiger partial charge in [-0.25, -0.2) is 4.68 Å². The number of aromatic nitrogens is 2. The number of para-hydroxylation sites is 1. The van der Waals surface area contributed by atoms with Crippen molar-refractivity contribution in [1.29, 1.82) is 0 Å². The molecular formula is C35H24N2. The fourth-order valence-corrected chi connectivity index (χ4v) is 6.77. The molecule has 6 aromatic rings. The zero-order chi connectivity index (χ0) is 24.6. The molecule has 0 bridgehead atoms. The zero-order valence-corrected chi connectivity index (χ0v) is 20.5. The molecule has 8 rings (SSSR count). The highest BCUT2D eigenvalue weighted by Crippen LogP contribution is 2.62.